The van der Waals surface area contributed by atoms with Crippen LogP contribution in [0.1, 0.15) is 35.2 Å². The quantitative estimate of drug-likeness (QED) is 0.792. The van der Waals surface area contributed by atoms with Crippen LogP contribution in [0.2, 0.25) is 0 Å². The molecule has 2 heterocycles. The summed E-state index contributed by atoms with van der Waals surface area (Å²) in [6.07, 6.45) is 2.35. The van der Waals surface area contributed by atoms with Gasteiger partial charge in [0.25, 0.3) is 0 Å². The van der Waals surface area contributed by atoms with Crippen LogP contribution in [0.3, 0.4) is 0 Å². The van der Waals surface area contributed by atoms with E-state index in [0.29, 0.717) is 36.8 Å². The molecule has 0 aromatic heterocycles. The Balaban J connectivity index is 1.41. The van der Waals surface area contributed by atoms with Gasteiger partial charge in [-0.05, 0) is 42.7 Å². The molecular formula is C21H21NO4. The second kappa shape index (κ2) is 7.20. The lowest BCUT2D eigenvalue weighted by atomic mass is 10.0. The first-order chi connectivity index (χ1) is 12.7. The van der Waals surface area contributed by atoms with Crippen LogP contribution in [-0.4, -0.2) is 31.4 Å². The number of anilines is 1. The molecule has 2 aromatic rings. The average Bonchev–Trinajstić information content (AvgIpc) is 2.71. The number of rotatable bonds is 4. The maximum Gasteiger partial charge on any atom is 0.227 e. The zero-order chi connectivity index (χ0) is 17.9. The fraction of sp³-hybridized carbons (Fsp3) is 0.333. The van der Waals surface area contributed by atoms with Crippen molar-refractivity contribution in [1.82, 2.24) is 0 Å². The fourth-order valence-corrected chi connectivity index (χ4v) is 3.51. The third-order valence-corrected chi connectivity index (χ3v) is 4.84. The third-order valence-electron chi connectivity index (χ3n) is 4.84. The lowest BCUT2D eigenvalue weighted by Crippen LogP contribution is -2.35. The van der Waals surface area contributed by atoms with E-state index in [2.05, 4.69) is 6.07 Å². The van der Waals surface area contributed by atoms with E-state index in [1.807, 2.05) is 23.1 Å². The van der Waals surface area contributed by atoms with Crippen molar-refractivity contribution < 1.29 is 19.1 Å². The van der Waals surface area contributed by atoms with Gasteiger partial charge in [-0.2, -0.15) is 0 Å². The number of fused-ring (bicyclic) bond motifs is 2. The summed E-state index contributed by atoms with van der Waals surface area (Å²) in [7, 11) is 0. The van der Waals surface area contributed by atoms with Gasteiger partial charge in [-0.25, -0.2) is 0 Å². The summed E-state index contributed by atoms with van der Waals surface area (Å²) in [6.45, 7) is 1.72. The molecule has 0 saturated heterocycles. The molecular weight excluding hydrogens is 330 g/mol. The van der Waals surface area contributed by atoms with Crippen LogP contribution in [0.25, 0.3) is 0 Å². The van der Waals surface area contributed by atoms with Gasteiger partial charge in [0.2, 0.25) is 5.91 Å². The van der Waals surface area contributed by atoms with E-state index in [1.165, 1.54) is 5.56 Å². The molecule has 26 heavy (non-hydrogen) atoms. The van der Waals surface area contributed by atoms with E-state index < -0.39 is 0 Å². The molecule has 5 heteroatoms. The van der Waals surface area contributed by atoms with Gasteiger partial charge < -0.3 is 14.4 Å². The molecule has 2 aromatic carbocycles. The van der Waals surface area contributed by atoms with Crippen LogP contribution in [0.4, 0.5) is 5.69 Å². The van der Waals surface area contributed by atoms with Gasteiger partial charge >= 0.3 is 0 Å². The summed E-state index contributed by atoms with van der Waals surface area (Å²) in [5.74, 6) is 1.20. The molecule has 0 N–H and O–H groups in total. The largest absolute Gasteiger partial charge is 0.486 e. The molecule has 2 aliphatic heterocycles. The highest BCUT2D eigenvalue weighted by Gasteiger charge is 2.23. The Hall–Kier alpha value is -2.82. The molecule has 0 bridgehead atoms. The zero-order valence-electron chi connectivity index (χ0n) is 14.6. The van der Waals surface area contributed by atoms with E-state index in [-0.39, 0.29) is 24.5 Å². The molecule has 1 amide bonds. The number of hydrogen-bond acceptors (Lipinski definition) is 4. The zero-order valence-corrected chi connectivity index (χ0v) is 14.6. The first-order valence-corrected chi connectivity index (χ1v) is 9.03. The first-order valence-electron chi connectivity index (χ1n) is 9.03. The number of para-hydroxylation sites is 1. The lowest BCUT2D eigenvalue weighted by Gasteiger charge is -2.29. The standard InChI is InChI=1S/C21H21NO4/c23-18(16-7-9-19-20(14-16)26-13-12-25-19)8-10-21(24)22-11-3-5-15-4-1-2-6-17(15)22/h1-2,4,6-7,9,14H,3,5,8,10-13H2. The Kier molecular flexibility index (Phi) is 4.61. The summed E-state index contributed by atoms with van der Waals surface area (Å²) < 4.78 is 11.0. The van der Waals surface area contributed by atoms with Crippen molar-refractivity contribution in [2.24, 2.45) is 0 Å². The molecule has 4 rings (SSSR count). The molecule has 2 aliphatic rings. The number of benzene rings is 2. The van der Waals surface area contributed by atoms with Crippen LogP contribution < -0.4 is 14.4 Å². The fourth-order valence-electron chi connectivity index (χ4n) is 3.51. The van der Waals surface area contributed by atoms with Crippen molar-refractivity contribution >= 4 is 17.4 Å². The molecule has 5 nitrogen and oxygen atoms in total. The Morgan fingerprint density at radius 2 is 1.77 bits per heavy atom. The van der Waals surface area contributed by atoms with E-state index in [1.54, 1.807) is 18.2 Å². The van der Waals surface area contributed by atoms with Crippen molar-refractivity contribution in [3.8, 4) is 11.5 Å². The number of aryl methyl sites for hydroxylation is 1. The predicted octanol–water partition coefficient (Wildman–Crippen LogP) is 3.40. The number of ether oxygens (including phenoxy) is 2. The highest BCUT2D eigenvalue weighted by atomic mass is 16.6. The third kappa shape index (κ3) is 3.29. The Morgan fingerprint density at radius 3 is 2.65 bits per heavy atom. The molecule has 0 saturated carbocycles. The van der Waals surface area contributed by atoms with Crippen molar-refractivity contribution in [3.05, 3.63) is 53.6 Å². The molecule has 0 atom stereocenters. The van der Waals surface area contributed by atoms with E-state index in [4.69, 9.17) is 9.47 Å². The van der Waals surface area contributed by atoms with Crippen molar-refractivity contribution in [1.29, 1.82) is 0 Å². The van der Waals surface area contributed by atoms with Crippen molar-refractivity contribution in [3.63, 3.8) is 0 Å². The van der Waals surface area contributed by atoms with Gasteiger partial charge in [-0.15, -0.1) is 0 Å². The summed E-state index contributed by atoms with van der Waals surface area (Å²) in [4.78, 5) is 27.0. The minimum atomic E-state index is -0.0550. The predicted molar refractivity (Wildman–Crippen MR) is 98.1 cm³/mol. The topological polar surface area (TPSA) is 55.8 Å². The van der Waals surface area contributed by atoms with E-state index >= 15 is 0 Å². The second-order valence-corrected chi connectivity index (χ2v) is 6.56. The van der Waals surface area contributed by atoms with Crippen LogP contribution in [-0.2, 0) is 11.2 Å². The van der Waals surface area contributed by atoms with Crippen molar-refractivity contribution in [2.45, 2.75) is 25.7 Å². The SMILES string of the molecule is O=C(CCC(=O)N1CCCc2ccccc21)c1ccc2c(c1)OCCO2. The maximum atomic E-state index is 12.7. The van der Waals surface area contributed by atoms with E-state index in [9.17, 15) is 9.59 Å². The molecule has 0 aliphatic carbocycles. The summed E-state index contributed by atoms with van der Waals surface area (Å²) in [5.41, 5.74) is 2.74. The number of carbonyl (C=O) groups is 2. The van der Waals surface area contributed by atoms with Gasteiger partial charge in [-0.3, -0.25) is 9.59 Å². The minimum Gasteiger partial charge on any atom is -0.486 e. The van der Waals surface area contributed by atoms with Gasteiger partial charge in [0.15, 0.2) is 17.3 Å². The van der Waals surface area contributed by atoms with Crippen LogP contribution in [0.5, 0.6) is 11.5 Å². The number of ketones is 1. The number of hydrogen-bond donors (Lipinski definition) is 0. The number of Topliss-reactive ketones (excluding diaryl/α,β-unsaturated/α-hetero) is 1. The molecule has 0 spiro atoms. The Labute approximate surface area is 152 Å². The first kappa shape index (κ1) is 16.6. The average molecular weight is 351 g/mol. The Morgan fingerprint density at radius 1 is 0.962 bits per heavy atom. The molecule has 0 fully saturated rings. The summed E-state index contributed by atoms with van der Waals surface area (Å²) in [6, 6.07) is 13.2. The van der Waals surface area contributed by atoms with Gasteiger partial charge in [0.05, 0.1) is 0 Å². The van der Waals surface area contributed by atoms with Gasteiger partial charge in [-0.1, -0.05) is 18.2 Å². The molecule has 0 radical (unpaired) electrons. The van der Waals surface area contributed by atoms with Gasteiger partial charge in [0, 0.05) is 30.6 Å². The lowest BCUT2D eigenvalue weighted by molar-refractivity contribution is -0.118. The van der Waals surface area contributed by atoms with Crippen LogP contribution >= 0.6 is 0 Å². The molecule has 134 valence electrons. The second-order valence-electron chi connectivity index (χ2n) is 6.56. The highest BCUT2D eigenvalue weighted by molar-refractivity contribution is 6.01. The maximum absolute atomic E-state index is 12.7. The van der Waals surface area contributed by atoms with Gasteiger partial charge in [0.1, 0.15) is 13.2 Å². The van der Waals surface area contributed by atoms with E-state index in [0.717, 1.165) is 18.5 Å². The smallest absolute Gasteiger partial charge is 0.227 e. The van der Waals surface area contributed by atoms with Crippen LogP contribution in [0.15, 0.2) is 42.5 Å². The number of amides is 1. The Bertz CT molecular complexity index is 846. The normalized spacial score (nSPS) is 15.3. The summed E-state index contributed by atoms with van der Waals surface area (Å²) >= 11 is 0. The molecule has 0 unspecified atom stereocenters. The number of carbonyl (C=O) groups excluding carboxylic acids is 2. The highest BCUT2D eigenvalue weighted by Crippen LogP contribution is 2.31. The van der Waals surface area contributed by atoms with Crippen LogP contribution in [0, 0.1) is 0 Å². The monoisotopic (exact) mass is 351 g/mol. The minimum absolute atomic E-state index is 0.00282. The number of nitrogens with zero attached hydrogens (tertiary/aromatic N) is 1. The van der Waals surface area contributed by atoms with Crippen molar-refractivity contribution in [2.75, 3.05) is 24.7 Å². The summed E-state index contributed by atoms with van der Waals surface area (Å²) in [5, 5.41) is 0.